The second kappa shape index (κ2) is 14.7. The van der Waals surface area contributed by atoms with Gasteiger partial charge < -0.3 is 19.8 Å². The molecule has 3 atom stereocenters. The van der Waals surface area contributed by atoms with Crippen molar-refractivity contribution in [1.82, 2.24) is 0 Å². The maximum Gasteiger partial charge on any atom is 1.00 e. The summed E-state index contributed by atoms with van der Waals surface area (Å²) in [5.41, 5.74) is 0. The van der Waals surface area contributed by atoms with Crippen LogP contribution < -0.4 is 69.3 Å². The summed E-state index contributed by atoms with van der Waals surface area (Å²) < 4.78 is 147. The molecule has 0 aromatic rings. The fourth-order valence-corrected chi connectivity index (χ4v) is 4.65. The van der Waals surface area contributed by atoms with Crippen molar-refractivity contribution >= 4 is 22.1 Å². The number of hydrogen-bond acceptors (Lipinski definition) is 6. The van der Waals surface area contributed by atoms with Crippen molar-refractivity contribution in [3.8, 4) is 0 Å². The molecule has 19 heteroatoms. The summed E-state index contributed by atoms with van der Waals surface area (Å²) in [5.74, 6) is -30.4. The minimum Gasteiger partial charge on any atom is -0.550 e. The summed E-state index contributed by atoms with van der Waals surface area (Å²) in [6.07, 6.45) is -12.6. The molecule has 0 saturated heterocycles. The molecule has 37 heavy (non-hydrogen) atoms. The van der Waals surface area contributed by atoms with Gasteiger partial charge in [0.25, 0.3) is 10.1 Å². The van der Waals surface area contributed by atoms with Gasteiger partial charge in [-0.25, -0.2) is 0 Å². The van der Waals surface area contributed by atoms with Gasteiger partial charge in [-0.15, -0.1) is 0 Å². The minimum atomic E-state index is -7.35. The van der Waals surface area contributed by atoms with Crippen molar-refractivity contribution < 1.29 is 131 Å². The molecule has 0 amide bonds. The van der Waals surface area contributed by atoms with Gasteiger partial charge >= 0.3 is 83.1 Å². The van der Waals surface area contributed by atoms with E-state index in [1.165, 1.54) is 6.92 Å². The topological polar surface area (TPSA) is 135 Å². The third-order valence-corrected chi connectivity index (χ3v) is 7.36. The molecule has 0 bridgehead atoms. The molecule has 208 valence electrons. The van der Waals surface area contributed by atoms with Crippen LogP contribution in [0.1, 0.15) is 58.8 Å². The molecule has 0 fully saturated rings. The molecule has 1 N–H and O–H groups in total. The van der Waals surface area contributed by atoms with Gasteiger partial charge in [0.15, 0.2) is 0 Å². The number of carbonyl (C=O) groups is 2. The summed E-state index contributed by atoms with van der Waals surface area (Å²) in [7, 11) is -6.35. The first-order chi connectivity index (χ1) is 15.5. The van der Waals surface area contributed by atoms with Crippen LogP contribution in [0.5, 0.6) is 0 Å². The van der Waals surface area contributed by atoms with Gasteiger partial charge in [0.1, 0.15) is 4.75 Å². The molecule has 0 radical (unpaired) electrons. The summed E-state index contributed by atoms with van der Waals surface area (Å²) >= 11 is 0. The quantitative estimate of drug-likeness (QED) is 0.118. The minimum absolute atomic E-state index is 0. The standard InChI is InChI=1S/C18H25F9O7S.2Na/c1-3-5-6-10(4-2)9-11(12(28)29)14(13(30)31,35(32,33)34)7-8-15(19,20)16(21,22)17(23,24)18(25,26)27;;/h10-11H,3-9H2,1-2H3,(H,28,29)(H,30,31)(H,32,33,34);;/q;2*+1/p-2. The monoisotopic (exact) mass is 600 g/mol. The molecule has 0 spiro atoms. The average Bonchev–Trinajstić information content (AvgIpc) is 2.67. The maximum absolute atomic E-state index is 14.0. The van der Waals surface area contributed by atoms with Crippen LogP contribution in [0.4, 0.5) is 39.5 Å². The second-order valence-electron chi connectivity index (χ2n) is 8.03. The number of alkyl halides is 9. The van der Waals surface area contributed by atoms with Gasteiger partial charge in [0.2, 0.25) is 0 Å². The van der Waals surface area contributed by atoms with Crippen molar-refractivity contribution in [2.24, 2.45) is 11.8 Å². The average molecular weight is 600 g/mol. The molecular weight excluding hydrogens is 577 g/mol. The summed E-state index contributed by atoms with van der Waals surface area (Å²) in [5, 5.41) is 23.4. The van der Waals surface area contributed by atoms with Crippen LogP contribution in [0, 0.1) is 11.8 Å². The zero-order valence-corrected chi connectivity index (χ0v) is 25.1. The molecule has 0 rings (SSSR count). The van der Waals surface area contributed by atoms with Gasteiger partial charge in [-0.3, -0.25) is 4.55 Å². The Morgan fingerprint density at radius 1 is 0.865 bits per heavy atom. The van der Waals surface area contributed by atoms with E-state index < -0.39 is 81.8 Å². The summed E-state index contributed by atoms with van der Waals surface area (Å²) in [4.78, 5) is 23.4. The third-order valence-electron chi connectivity index (χ3n) is 5.79. The Balaban J connectivity index is -0.00000578. The zero-order valence-electron chi connectivity index (χ0n) is 20.3. The van der Waals surface area contributed by atoms with Crippen LogP contribution in [0.25, 0.3) is 0 Å². The molecule has 7 nitrogen and oxygen atoms in total. The van der Waals surface area contributed by atoms with E-state index in [0.29, 0.717) is 12.8 Å². The zero-order chi connectivity index (χ0) is 28.3. The Bertz CT molecular complexity index is 870. The Hall–Kier alpha value is 0.220. The fraction of sp³-hybridized carbons (Fsp3) is 0.889. The van der Waals surface area contributed by atoms with E-state index in [-0.39, 0.29) is 72.0 Å². The molecule has 0 aliphatic heterocycles. The van der Waals surface area contributed by atoms with Gasteiger partial charge in [-0.05, 0) is 18.8 Å². The van der Waals surface area contributed by atoms with Crippen LogP contribution >= 0.6 is 0 Å². The van der Waals surface area contributed by atoms with E-state index in [1.807, 2.05) is 0 Å². The number of hydrogen-bond donors (Lipinski definition) is 1. The normalized spacial score (nSPS) is 16.5. The first-order valence-electron chi connectivity index (χ1n) is 10.1. The number of rotatable bonds is 15. The third kappa shape index (κ3) is 8.85. The molecule has 0 aromatic heterocycles. The van der Waals surface area contributed by atoms with Gasteiger partial charge in [0.05, 0.1) is 5.97 Å². The van der Waals surface area contributed by atoms with E-state index in [4.69, 9.17) is 0 Å². The first-order valence-corrected chi connectivity index (χ1v) is 11.5. The van der Waals surface area contributed by atoms with Crippen LogP contribution in [-0.4, -0.2) is 53.6 Å². The van der Waals surface area contributed by atoms with Crippen molar-refractivity contribution in [2.75, 3.05) is 0 Å². The molecule has 0 heterocycles. The van der Waals surface area contributed by atoms with E-state index in [1.54, 1.807) is 6.92 Å². The molecule has 0 saturated carbocycles. The Morgan fingerprint density at radius 3 is 1.62 bits per heavy atom. The number of carboxylic acid groups (broad SMARTS) is 2. The number of halogens is 9. The molecule has 0 aliphatic carbocycles. The van der Waals surface area contributed by atoms with E-state index in [2.05, 4.69) is 0 Å². The predicted molar refractivity (Wildman–Crippen MR) is 95.8 cm³/mol. The molecule has 0 aromatic carbocycles. The Kier molecular flexibility index (Phi) is 16.6. The van der Waals surface area contributed by atoms with E-state index in [9.17, 15) is 72.3 Å². The Labute approximate surface area is 251 Å². The fourth-order valence-electron chi connectivity index (χ4n) is 3.53. The molecule has 3 unspecified atom stereocenters. The van der Waals surface area contributed by atoms with E-state index >= 15 is 0 Å². The van der Waals surface area contributed by atoms with Crippen LogP contribution in [-0.2, 0) is 19.7 Å². The molecular formula is C18H23F9Na2O7S. The van der Waals surface area contributed by atoms with Crippen molar-refractivity contribution in [3.63, 3.8) is 0 Å². The SMILES string of the molecule is CCCCC(CC)CC(C(=O)[O-])C(CCC(F)(F)C(F)(F)C(F)(F)C(F)(F)F)(C(=O)[O-])S(=O)(=O)O.[Na+].[Na+]. The maximum atomic E-state index is 14.0. The smallest absolute Gasteiger partial charge is 0.550 e. The predicted octanol–water partition coefficient (Wildman–Crippen LogP) is -3.41. The van der Waals surface area contributed by atoms with E-state index in [0.717, 1.165) is 0 Å². The molecule has 0 aliphatic rings. The summed E-state index contributed by atoms with van der Waals surface area (Å²) in [6.45, 7) is 3.13. The van der Waals surface area contributed by atoms with Crippen molar-refractivity contribution in [1.29, 1.82) is 0 Å². The number of carbonyl (C=O) groups excluding carboxylic acids is 2. The second-order valence-corrected chi connectivity index (χ2v) is 9.71. The largest absolute Gasteiger partial charge is 1.00 e. The van der Waals surface area contributed by atoms with Gasteiger partial charge in [0, 0.05) is 18.3 Å². The Morgan fingerprint density at radius 2 is 1.32 bits per heavy atom. The first kappa shape index (κ1) is 41.7. The van der Waals surface area contributed by atoms with Crippen LogP contribution in [0.3, 0.4) is 0 Å². The van der Waals surface area contributed by atoms with Gasteiger partial charge in [-0.1, -0.05) is 39.5 Å². The number of unbranched alkanes of at least 4 members (excludes halogenated alkanes) is 1. The van der Waals surface area contributed by atoms with Crippen molar-refractivity contribution in [2.45, 2.75) is 87.5 Å². The van der Waals surface area contributed by atoms with Gasteiger partial charge in [-0.2, -0.15) is 47.9 Å². The number of carboxylic acids is 2. The number of aliphatic carboxylic acids is 2. The van der Waals surface area contributed by atoms with Crippen molar-refractivity contribution in [3.05, 3.63) is 0 Å². The van der Waals surface area contributed by atoms with Crippen LogP contribution in [0.15, 0.2) is 0 Å². The summed E-state index contributed by atoms with van der Waals surface area (Å²) in [6, 6.07) is 0. The van der Waals surface area contributed by atoms with Crippen LogP contribution in [0.2, 0.25) is 0 Å².